The van der Waals surface area contributed by atoms with E-state index >= 15 is 0 Å². The van der Waals surface area contributed by atoms with Crippen LogP contribution in [0.2, 0.25) is 5.02 Å². The molecule has 3 heterocycles. The van der Waals surface area contributed by atoms with Gasteiger partial charge in [-0.15, -0.1) is 0 Å². The molecular formula is C30H31ClN2O4. The van der Waals surface area contributed by atoms with Crippen molar-refractivity contribution >= 4 is 23.1 Å². The highest BCUT2D eigenvalue weighted by molar-refractivity contribution is 6.30. The molecule has 0 atom stereocenters. The summed E-state index contributed by atoms with van der Waals surface area (Å²) < 4.78 is 11.8. The summed E-state index contributed by atoms with van der Waals surface area (Å²) in [6.07, 6.45) is 7.23. The number of hydrogen-bond acceptors (Lipinski definition) is 5. The molecule has 1 fully saturated rings. The lowest BCUT2D eigenvalue weighted by molar-refractivity contribution is -0.137. The number of hydrogen-bond donors (Lipinski definition) is 1. The molecule has 0 saturated carbocycles. The summed E-state index contributed by atoms with van der Waals surface area (Å²) in [6.45, 7) is 3.67. The number of aromatic nitrogens is 1. The molecule has 0 radical (unpaired) electrons. The average Bonchev–Trinajstić information content (AvgIpc) is 3.06. The van der Waals surface area contributed by atoms with Gasteiger partial charge in [0, 0.05) is 28.9 Å². The molecule has 6 nitrogen and oxygen atoms in total. The fourth-order valence-electron chi connectivity index (χ4n) is 5.12. The van der Waals surface area contributed by atoms with Gasteiger partial charge >= 0.3 is 5.97 Å². The van der Waals surface area contributed by atoms with Crippen molar-refractivity contribution in [3.05, 3.63) is 94.3 Å². The SMILES string of the molecule is O=C(O)CCOc1ccc2c(c1)C(=CCCN1CCC(c3ccc(Cl)cc3)CC1)c1cccnc1CO2. The summed E-state index contributed by atoms with van der Waals surface area (Å²) in [4.78, 5) is 18.0. The van der Waals surface area contributed by atoms with Crippen molar-refractivity contribution in [2.75, 3.05) is 26.2 Å². The number of pyridine rings is 1. The molecule has 0 amide bonds. The lowest BCUT2D eigenvalue weighted by Gasteiger charge is -2.32. The molecule has 37 heavy (non-hydrogen) atoms. The van der Waals surface area contributed by atoms with Crippen LogP contribution in [0.25, 0.3) is 5.57 Å². The minimum absolute atomic E-state index is 0.0439. The largest absolute Gasteiger partial charge is 0.493 e. The van der Waals surface area contributed by atoms with Gasteiger partial charge in [0.1, 0.15) is 18.1 Å². The van der Waals surface area contributed by atoms with Gasteiger partial charge in [-0.3, -0.25) is 9.78 Å². The molecule has 0 spiro atoms. The summed E-state index contributed by atoms with van der Waals surface area (Å²) in [5.41, 5.74) is 5.37. The van der Waals surface area contributed by atoms with Crippen LogP contribution in [0.5, 0.6) is 11.5 Å². The lowest BCUT2D eigenvalue weighted by Crippen LogP contribution is -2.33. The number of halogens is 1. The van der Waals surface area contributed by atoms with Gasteiger partial charge in [-0.25, -0.2) is 0 Å². The number of carboxylic acids is 1. The Morgan fingerprint density at radius 3 is 2.73 bits per heavy atom. The Labute approximate surface area is 222 Å². The highest BCUT2D eigenvalue weighted by atomic mass is 35.5. The second-order valence-electron chi connectivity index (χ2n) is 9.51. The number of aliphatic carboxylic acids is 1. The van der Waals surface area contributed by atoms with E-state index in [9.17, 15) is 4.79 Å². The van der Waals surface area contributed by atoms with E-state index in [1.807, 2.05) is 36.4 Å². The van der Waals surface area contributed by atoms with E-state index in [1.54, 1.807) is 6.20 Å². The summed E-state index contributed by atoms with van der Waals surface area (Å²) in [6, 6.07) is 18.0. The molecule has 3 aromatic rings. The van der Waals surface area contributed by atoms with Crippen LogP contribution in [-0.2, 0) is 11.4 Å². The van der Waals surface area contributed by atoms with Crippen LogP contribution in [0.15, 0.2) is 66.9 Å². The van der Waals surface area contributed by atoms with Crippen LogP contribution < -0.4 is 9.47 Å². The van der Waals surface area contributed by atoms with E-state index in [4.69, 9.17) is 26.2 Å². The van der Waals surface area contributed by atoms with Gasteiger partial charge in [0.25, 0.3) is 0 Å². The molecule has 2 aromatic carbocycles. The van der Waals surface area contributed by atoms with E-state index < -0.39 is 5.97 Å². The maximum absolute atomic E-state index is 10.9. The number of rotatable bonds is 8. The second kappa shape index (κ2) is 11.8. The highest BCUT2D eigenvalue weighted by Gasteiger charge is 2.22. The molecule has 1 N–H and O–H groups in total. The maximum Gasteiger partial charge on any atom is 0.306 e. The highest BCUT2D eigenvalue weighted by Crippen LogP contribution is 2.38. The van der Waals surface area contributed by atoms with Gasteiger partial charge in [-0.2, -0.15) is 0 Å². The first-order valence-corrected chi connectivity index (χ1v) is 13.2. The number of ether oxygens (including phenoxy) is 2. The van der Waals surface area contributed by atoms with E-state index in [-0.39, 0.29) is 13.0 Å². The second-order valence-corrected chi connectivity index (χ2v) is 9.95. The van der Waals surface area contributed by atoms with Crippen LogP contribution in [0.4, 0.5) is 0 Å². The normalized spacial score (nSPS) is 16.9. The van der Waals surface area contributed by atoms with Crippen LogP contribution in [-0.4, -0.2) is 47.2 Å². The van der Waals surface area contributed by atoms with E-state index in [2.05, 4.69) is 34.2 Å². The fraction of sp³-hybridized carbons (Fsp3) is 0.333. The van der Waals surface area contributed by atoms with E-state index in [1.165, 1.54) is 5.56 Å². The molecule has 2 aliphatic heterocycles. The standard InChI is InChI=1S/C30H31ClN2O4/c31-23-7-5-21(6-8-23)22-11-16-33(17-12-22)15-2-4-25-26-3-1-14-32-28(26)20-37-29-10-9-24(19-27(25)29)36-18-13-30(34)35/h1,3-10,14,19,22H,2,11-13,15-18,20H2,(H,34,35). The number of nitrogens with zero attached hydrogens (tertiary/aromatic N) is 2. The minimum atomic E-state index is -0.879. The Morgan fingerprint density at radius 1 is 1.14 bits per heavy atom. The molecular weight excluding hydrogens is 488 g/mol. The molecule has 1 saturated heterocycles. The maximum atomic E-state index is 10.9. The zero-order valence-electron chi connectivity index (χ0n) is 20.7. The molecule has 2 aliphatic rings. The Kier molecular flexibility index (Phi) is 8.07. The lowest BCUT2D eigenvalue weighted by atomic mass is 9.89. The van der Waals surface area contributed by atoms with Crippen LogP contribution >= 0.6 is 11.6 Å². The first-order valence-electron chi connectivity index (χ1n) is 12.8. The summed E-state index contributed by atoms with van der Waals surface area (Å²) in [7, 11) is 0. The summed E-state index contributed by atoms with van der Waals surface area (Å²) >= 11 is 6.06. The number of fused-ring (bicyclic) bond motifs is 2. The Hall–Kier alpha value is -3.35. The van der Waals surface area contributed by atoms with Crippen LogP contribution in [0, 0.1) is 0 Å². The van der Waals surface area contributed by atoms with Crippen molar-refractivity contribution in [2.24, 2.45) is 0 Å². The number of carboxylic acid groups (broad SMARTS) is 1. The van der Waals surface area contributed by atoms with Crippen LogP contribution in [0.3, 0.4) is 0 Å². The van der Waals surface area contributed by atoms with Crippen LogP contribution in [0.1, 0.15) is 54.0 Å². The Balaban J connectivity index is 1.29. The zero-order chi connectivity index (χ0) is 25.6. The molecule has 192 valence electrons. The van der Waals surface area contributed by atoms with Gasteiger partial charge in [-0.1, -0.05) is 35.9 Å². The van der Waals surface area contributed by atoms with Gasteiger partial charge < -0.3 is 19.5 Å². The predicted octanol–water partition coefficient (Wildman–Crippen LogP) is 6.18. The Bertz CT molecular complexity index is 1270. The monoisotopic (exact) mass is 518 g/mol. The third kappa shape index (κ3) is 6.32. The number of likely N-dealkylation sites (tertiary alicyclic amines) is 1. The summed E-state index contributed by atoms with van der Waals surface area (Å²) in [5, 5.41) is 9.72. The van der Waals surface area contributed by atoms with Gasteiger partial charge in [-0.05, 0) is 85.8 Å². The van der Waals surface area contributed by atoms with Crippen molar-refractivity contribution < 1.29 is 19.4 Å². The van der Waals surface area contributed by atoms with Crippen molar-refractivity contribution in [2.45, 2.75) is 38.2 Å². The van der Waals surface area contributed by atoms with Crippen molar-refractivity contribution in [1.29, 1.82) is 0 Å². The quantitative estimate of drug-likeness (QED) is 0.384. The topological polar surface area (TPSA) is 71.9 Å². The summed E-state index contributed by atoms with van der Waals surface area (Å²) in [5.74, 6) is 1.12. The minimum Gasteiger partial charge on any atom is -0.493 e. The smallest absolute Gasteiger partial charge is 0.306 e. The Morgan fingerprint density at radius 2 is 1.95 bits per heavy atom. The zero-order valence-corrected chi connectivity index (χ0v) is 21.5. The van der Waals surface area contributed by atoms with Gasteiger partial charge in [0.05, 0.1) is 18.7 Å². The number of piperidine rings is 1. The number of carbonyl (C=O) groups is 1. The van der Waals surface area contributed by atoms with Crippen molar-refractivity contribution in [3.8, 4) is 11.5 Å². The molecule has 5 rings (SSSR count). The van der Waals surface area contributed by atoms with Crippen molar-refractivity contribution in [1.82, 2.24) is 9.88 Å². The molecule has 0 unspecified atom stereocenters. The van der Waals surface area contributed by atoms with Gasteiger partial charge in [0.2, 0.25) is 0 Å². The van der Waals surface area contributed by atoms with Crippen molar-refractivity contribution in [3.63, 3.8) is 0 Å². The third-order valence-electron chi connectivity index (χ3n) is 7.09. The number of benzene rings is 2. The molecule has 0 bridgehead atoms. The average molecular weight is 519 g/mol. The first kappa shape index (κ1) is 25.3. The van der Waals surface area contributed by atoms with Gasteiger partial charge in [0.15, 0.2) is 0 Å². The fourth-order valence-corrected chi connectivity index (χ4v) is 5.24. The molecule has 1 aromatic heterocycles. The van der Waals surface area contributed by atoms with E-state index in [0.29, 0.717) is 18.3 Å². The third-order valence-corrected chi connectivity index (χ3v) is 7.35. The first-order chi connectivity index (χ1) is 18.1. The molecule has 7 heteroatoms. The predicted molar refractivity (Wildman–Crippen MR) is 144 cm³/mol. The van der Waals surface area contributed by atoms with E-state index in [0.717, 1.165) is 72.1 Å². The molecule has 0 aliphatic carbocycles.